The maximum absolute atomic E-state index is 13.9. The molecule has 7 heteroatoms. The first-order valence-electron chi connectivity index (χ1n) is 7.76. The standard InChI is InChI=1S/C15H22N5OP/c1-19-13-10-6-7-11-14(13)20(2)22(19,21)15(17-18-16)12-8-4-3-5-9-12/h3-5,8-9,13-15H,6-7,10-11H2,1-2H3/t13-,14-,15+/m0/s1. The number of benzene rings is 1. The zero-order chi connectivity index (χ0) is 15.7. The summed E-state index contributed by atoms with van der Waals surface area (Å²) in [7, 11) is 0.894. The van der Waals surface area contributed by atoms with Crippen molar-refractivity contribution in [1.82, 2.24) is 9.34 Å². The molecule has 0 spiro atoms. The predicted octanol–water partition coefficient (Wildman–Crippen LogP) is 4.38. The largest absolute Gasteiger partial charge is 0.288 e. The third-order valence-corrected chi connectivity index (χ3v) is 8.58. The van der Waals surface area contributed by atoms with Gasteiger partial charge in [0.25, 0.3) is 0 Å². The highest BCUT2D eigenvalue weighted by Crippen LogP contribution is 2.70. The molecule has 1 aliphatic carbocycles. The first kappa shape index (κ1) is 15.6. The second-order valence-corrected chi connectivity index (χ2v) is 9.07. The van der Waals surface area contributed by atoms with Crippen LogP contribution in [-0.2, 0) is 4.57 Å². The van der Waals surface area contributed by atoms with Crippen molar-refractivity contribution < 1.29 is 4.57 Å². The Hall–Kier alpha value is -1.32. The minimum Gasteiger partial charge on any atom is -0.288 e. The molecule has 22 heavy (non-hydrogen) atoms. The van der Waals surface area contributed by atoms with E-state index in [1.165, 1.54) is 12.8 Å². The molecule has 2 fully saturated rings. The van der Waals surface area contributed by atoms with Crippen LogP contribution in [0.2, 0.25) is 0 Å². The Morgan fingerprint density at radius 2 is 1.73 bits per heavy atom. The van der Waals surface area contributed by atoms with Crippen LogP contribution in [0, 0.1) is 0 Å². The van der Waals surface area contributed by atoms with Gasteiger partial charge in [0.1, 0.15) is 5.78 Å². The topological polar surface area (TPSA) is 72.3 Å². The van der Waals surface area contributed by atoms with E-state index in [1.54, 1.807) is 0 Å². The summed E-state index contributed by atoms with van der Waals surface area (Å²) in [6.45, 7) is 0. The van der Waals surface area contributed by atoms with Crippen LogP contribution in [0.25, 0.3) is 10.4 Å². The zero-order valence-corrected chi connectivity index (χ0v) is 13.9. The molecule has 118 valence electrons. The van der Waals surface area contributed by atoms with Gasteiger partial charge in [-0.2, -0.15) is 0 Å². The maximum Gasteiger partial charge on any atom is 0.229 e. The normalized spacial score (nSPS) is 29.5. The van der Waals surface area contributed by atoms with Gasteiger partial charge in [-0.25, -0.2) is 9.34 Å². The highest BCUT2D eigenvalue weighted by molar-refractivity contribution is 7.59. The fraction of sp³-hybridized carbons (Fsp3) is 0.600. The lowest BCUT2D eigenvalue weighted by Gasteiger charge is -2.32. The van der Waals surface area contributed by atoms with Crippen LogP contribution in [-0.4, -0.2) is 35.5 Å². The summed E-state index contributed by atoms with van der Waals surface area (Å²) in [6, 6.07) is 10.1. The van der Waals surface area contributed by atoms with E-state index >= 15 is 0 Å². The van der Waals surface area contributed by atoms with Gasteiger partial charge in [0, 0.05) is 17.0 Å². The molecular weight excluding hydrogens is 297 g/mol. The second-order valence-electron chi connectivity index (χ2n) is 6.14. The number of likely N-dealkylation sites (N-methyl/N-ethyl adjacent to an activating group) is 2. The van der Waals surface area contributed by atoms with Crippen LogP contribution >= 0.6 is 7.44 Å². The molecule has 0 aromatic heterocycles. The predicted molar refractivity (Wildman–Crippen MR) is 87.5 cm³/mol. The summed E-state index contributed by atoms with van der Waals surface area (Å²) in [6.07, 6.45) is 4.48. The fourth-order valence-corrected chi connectivity index (χ4v) is 7.22. The lowest BCUT2D eigenvalue weighted by molar-refractivity contribution is 0.233. The van der Waals surface area contributed by atoms with Crippen molar-refractivity contribution >= 4 is 7.44 Å². The molecule has 0 amide bonds. The summed E-state index contributed by atoms with van der Waals surface area (Å²) in [5, 5.41) is 3.94. The van der Waals surface area contributed by atoms with Gasteiger partial charge in [-0.05, 0) is 38.0 Å². The molecule has 0 unspecified atom stereocenters. The molecule has 0 bridgehead atoms. The molecular formula is C15H22N5OP. The molecule has 1 aromatic rings. The molecule has 3 rings (SSSR count). The SMILES string of the molecule is CN1[C@H]2CCCC[C@@H]2N(C)P1(=O)[C@@H](N=[N+]=[N-])c1ccccc1. The number of azide groups is 1. The van der Waals surface area contributed by atoms with E-state index in [4.69, 9.17) is 5.53 Å². The van der Waals surface area contributed by atoms with Gasteiger partial charge >= 0.3 is 0 Å². The van der Waals surface area contributed by atoms with Gasteiger partial charge in [0.2, 0.25) is 7.44 Å². The van der Waals surface area contributed by atoms with Crippen molar-refractivity contribution in [3.63, 3.8) is 0 Å². The highest BCUT2D eigenvalue weighted by Gasteiger charge is 2.55. The lowest BCUT2D eigenvalue weighted by atomic mass is 9.91. The third kappa shape index (κ3) is 2.27. The number of rotatable bonds is 3. The smallest absolute Gasteiger partial charge is 0.229 e. The zero-order valence-electron chi connectivity index (χ0n) is 13.0. The first-order valence-corrected chi connectivity index (χ1v) is 9.44. The van der Waals surface area contributed by atoms with Gasteiger partial charge in [-0.1, -0.05) is 48.3 Å². The Kier molecular flexibility index (Phi) is 4.28. The van der Waals surface area contributed by atoms with E-state index < -0.39 is 13.2 Å². The van der Waals surface area contributed by atoms with Crippen LogP contribution in [0.1, 0.15) is 37.0 Å². The van der Waals surface area contributed by atoms with E-state index in [-0.39, 0.29) is 0 Å². The average Bonchev–Trinajstić information content (AvgIpc) is 2.76. The van der Waals surface area contributed by atoms with Crippen LogP contribution in [0.4, 0.5) is 0 Å². The van der Waals surface area contributed by atoms with E-state index in [0.717, 1.165) is 18.4 Å². The van der Waals surface area contributed by atoms with Gasteiger partial charge in [0.15, 0.2) is 0 Å². The molecule has 1 heterocycles. The average molecular weight is 319 g/mol. The Morgan fingerprint density at radius 1 is 1.18 bits per heavy atom. The summed E-state index contributed by atoms with van der Waals surface area (Å²) in [5.41, 5.74) is 9.82. The molecule has 3 atom stereocenters. The van der Waals surface area contributed by atoms with Gasteiger partial charge in [-0.15, -0.1) is 0 Å². The Labute approximate surface area is 131 Å². The van der Waals surface area contributed by atoms with Crippen molar-refractivity contribution in [2.45, 2.75) is 43.5 Å². The maximum atomic E-state index is 13.9. The van der Waals surface area contributed by atoms with Crippen molar-refractivity contribution in [2.24, 2.45) is 5.11 Å². The van der Waals surface area contributed by atoms with E-state index in [1.807, 2.05) is 53.8 Å². The Morgan fingerprint density at radius 3 is 2.23 bits per heavy atom. The monoisotopic (exact) mass is 319 g/mol. The highest BCUT2D eigenvalue weighted by atomic mass is 31.2. The van der Waals surface area contributed by atoms with Gasteiger partial charge in [0.05, 0.1) is 0 Å². The molecule has 1 aromatic carbocycles. The number of hydrogen-bond acceptors (Lipinski definition) is 2. The van der Waals surface area contributed by atoms with Crippen molar-refractivity contribution in [3.8, 4) is 0 Å². The quantitative estimate of drug-likeness (QED) is 0.359. The van der Waals surface area contributed by atoms with Crippen LogP contribution in [0.3, 0.4) is 0 Å². The fourth-order valence-electron chi connectivity index (χ4n) is 3.96. The van der Waals surface area contributed by atoms with Gasteiger partial charge < -0.3 is 0 Å². The third-order valence-electron chi connectivity index (χ3n) is 5.14. The molecule has 0 N–H and O–H groups in total. The summed E-state index contributed by atoms with van der Waals surface area (Å²) < 4.78 is 17.9. The first-order chi connectivity index (χ1) is 10.6. The van der Waals surface area contributed by atoms with Crippen LogP contribution < -0.4 is 0 Å². The van der Waals surface area contributed by atoms with E-state index in [0.29, 0.717) is 12.1 Å². The minimum absolute atomic E-state index is 0.296. The van der Waals surface area contributed by atoms with Crippen molar-refractivity contribution in [3.05, 3.63) is 46.3 Å². The summed E-state index contributed by atoms with van der Waals surface area (Å²) in [5.74, 6) is -0.653. The van der Waals surface area contributed by atoms with E-state index in [9.17, 15) is 4.57 Å². The number of nitrogens with zero attached hydrogens (tertiary/aromatic N) is 5. The van der Waals surface area contributed by atoms with Crippen LogP contribution in [0.15, 0.2) is 35.4 Å². The number of hydrogen-bond donors (Lipinski definition) is 0. The van der Waals surface area contributed by atoms with E-state index in [2.05, 4.69) is 10.0 Å². The Bertz CT molecular complexity index is 608. The molecule has 1 saturated carbocycles. The Balaban J connectivity index is 2.06. The number of fused-ring (bicyclic) bond motifs is 1. The molecule has 1 aliphatic heterocycles. The lowest BCUT2D eigenvalue weighted by Crippen LogP contribution is -2.37. The van der Waals surface area contributed by atoms with Gasteiger partial charge in [-0.3, -0.25) is 4.57 Å². The van der Waals surface area contributed by atoms with Crippen LogP contribution in [0.5, 0.6) is 0 Å². The molecule has 2 aliphatic rings. The van der Waals surface area contributed by atoms with Crippen molar-refractivity contribution in [1.29, 1.82) is 0 Å². The summed E-state index contributed by atoms with van der Waals surface area (Å²) >= 11 is 0. The molecule has 1 saturated heterocycles. The second kappa shape index (κ2) is 6.05. The summed E-state index contributed by atoms with van der Waals surface area (Å²) in [4.78, 5) is 2.99. The van der Waals surface area contributed by atoms with Crippen molar-refractivity contribution in [2.75, 3.05) is 14.1 Å². The minimum atomic E-state index is -2.96. The molecule has 6 nitrogen and oxygen atoms in total. The molecule has 0 radical (unpaired) electrons.